The van der Waals surface area contributed by atoms with E-state index in [1.807, 2.05) is 25.7 Å². The molecule has 0 aromatic heterocycles. The summed E-state index contributed by atoms with van der Waals surface area (Å²) in [4.78, 5) is 23.7. The molecule has 27 heavy (non-hydrogen) atoms. The minimum atomic E-state index is -0.445. The number of carbonyl (C=O) groups excluding carboxylic acids is 1. The summed E-state index contributed by atoms with van der Waals surface area (Å²) >= 11 is 0. The van der Waals surface area contributed by atoms with Gasteiger partial charge in [0.25, 0.3) is 0 Å². The van der Waals surface area contributed by atoms with Crippen molar-refractivity contribution in [1.82, 2.24) is 20.0 Å². The van der Waals surface area contributed by atoms with Crippen molar-refractivity contribution in [3.05, 3.63) is 0 Å². The van der Waals surface area contributed by atoms with Gasteiger partial charge in [0.2, 0.25) is 0 Å². The van der Waals surface area contributed by atoms with E-state index >= 15 is 0 Å². The highest BCUT2D eigenvalue weighted by molar-refractivity contribution is 5.82. The lowest BCUT2D eigenvalue weighted by atomic mass is 10.0. The largest absolute Gasteiger partial charge is 0.444 e. The Labute approximate surface area is 164 Å². The van der Waals surface area contributed by atoms with Gasteiger partial charge in [-0.1, -0.05) is 6.42 Å². The van der Waals surface area contributed by atoms with Gasteiger partial charge in [0.1, 0.15) is 5.60 Å². The van der Waals surface area contributed by atoms with Crippen LogP contribution in [0.3, 0.4) is 0 Å². The van der Waals surface area contributed by atoms with Crippen LogP contribution in [0.4, 0.5) is 4.79 Å². The molecule has 0 aliphatic carbocycles. The standard InChI is InChI=1S/C20H37N5O2/c1-16-8-5-6-10-23(16)11-7-9-21-18-22-14-17-15-24(12-13-25(17)18)19(26)27-20(2,3)4/h16-17H,5-15H2,1-4H3,(H,21,22). The fourth-order valence-electron chi connectivity index (χ4n) is 4.19. The third-order valence-corrected chi connectivity index (χ3v) is 5.70. The zero-order valence-corrected chi connectivity index (χ0v) is 17.5. The average molecular weight is 380 g/mol. The van der Waals surface area contributed by atoms with Crippen molar-refractivity contribution < 1.29 is 9.53 Å². The molecule has 2 atom stereocenters. The second kappa shape index (κ2) is 8.67. The minimum Gasteiger partial charge on any atom is -0.444 e. The van der Waals surface area contributed by atoms with Crippen LogP contribution in [-0.2, 0) is 4.74 Å². The van der Waals surface area contributed by atoms with Crippen LogP contribution in [-0.4, -0.2) is 90.3 Å². The number of rotatable bonds is 4. The van der Waals surface area contributed by atoms with Crippen molar-refractivity contribution >= 4 is 12.1 Å². The number of guanidine groups is 1. The predicted octanol–water partition coefficient (Wildman–Crippen LogP) is 2.13. The van der Waals surface area contributed by atoms with Gasteiger partial charge >= 0.3 is 6.09 Å². The molecule has 154 valence electrons. The summed E-state index contributed by atoms with van der Waals surface area (Å²) in [6.45, 7) is 14.4. The summed E-state index contributed by atoms with van der Waals surface area (Å²) in [5.74, 6) is 1.01. The second-order valence-electron chi connectivity index (χ2n) is 9.10. The van der Waals surface area contributed by atoms with E-state index in [1.54, 1.807) is 0 Å². The van der Waals surface area contributed by atoms with Gasteiger partial charge in [-0.15, -0.1) is 0 Å². The molecular formula is C20H37N5O2. The van der Waals surface area contributed by atoms with Crippen LogP contribution in [0.15, 0.2) is 4.99 Å². The molecular weight excluding hydrogens is 342 g/mol. The maximum atomic E-state index is 12.3. The number of hydrogen-bond acceptors (Lipinski definition) is 6. The van der Waals surface area contributed by atoms with Crippen LogP contribution >= 0.6 is 0 Å². The molecule has 3 rings (SSSR count). The van der Waals surface area contributed by atoms with Crippen LogP contribution in [0, 0.1) is 0 Å². The number of likely N-dealkylation sites (tertiary alicyclic amines) is 1. The SMILES string of the molecule is CC1CCCCN1CCCNC1=NCC2CN(C(=O)OC(C)(C)C)CCN12. The number of nitrogens with zero attached hydrogens (tertiary/aromatic N) is 4. The fourth-order valence-corrected chi connectivity index (χ4v) is 4.19. The first-order valence-corrected chi connectivity index (χ1v) is 10.6. The predicted molar refractivity (Wildman–Crippen MR) is 108 cm³/mol. The highest BCUT2D eigenvalue weighted by atomic mass is 16.6. The van der Waals surface area contributed by atoms with Gasteiger partial charge in [-0.2, -0.15) is 0 Å². The summed E-state index contributed by atoms with van der Waals surface area (Å²) in [6, 6.07) is 1.00. The van der Waals surface area contributed by atoms with Gasteiger partial charge < -0.3 is 24.8 Å². The highest BCUT2D eigenvalue weighted by Gasteiger charge is 2.36. The molecule has 0 radical (unpaired) electrons. The highest BCUT2D eigenvalue weighted by Crippen LogP contribution is 2.19. The van der Waals surface area contributed by atoms with E-state index in [4.69, 9.17) is 4.74 Å². The van der Waals surface area contributed by atoms with Crippen molar-refractivity contribution in [2.75, 3.05) is 45.8 Å². The molecule has 3 aliphatic heterocycles. The monoisotopic (exact) mass is 379 g/mol. The number of aliphatic imine (C=N–C) groups is 1. The number of carbonyl (C=O) groups is 1. The molecule has 1 N–H and O–H groups in total. The smallest absolute Gasteiger partial charge is 0.410 e. The Morgan fingerprint density at radius 3 is 2.81 bits per heavy atom. The molecule has 3 heterocycles. The molecule has 2 saturated heterocycles. The molecule has 7 heteroatoms. The molecule has 3 aliphatic rings. The van der Waals surface area contributed by atoms with E-state index in [2.05, 4.69) is 27.0 Å². The number of piperazine rings is 1. The number of nitrogens with one attached hydrogen (secondary N) is 1. The molecule has 0 aromatic carbocycles. The normalized spacial score (nSPS) is 26.6. The number of amides is 1. The van der Waals surface area contributed by atoms with E-state index in [9.17, 15) is 4.79 Å². The van der Waals surface area contributed by atoms with Crippen molar-refractivity contribution in [1.29, 1.82) is 0 Å². The number of ether oxygens (including phenoxy) is 1. The summed E-state index contributed by atoms with van der Waals surface area (Å²) in [5, 5.41) is 3.53. The number of piperidine rings is 1. The third-order valence-electron chi connectivity index (χ3n) is 5.70. The van der Waals surface area contributed by atoms with Gasteiger partial charge in [-0.3, -0.25) is 4.99 Å². The zero-order chi connectivity index (χ0) is 19.4. The van der Waals surface area contributed by atoms with E-state index < -0.39 is 5.60 Å². The van der Waals surface area contributed by atoms with Crippen LogP contribution in [0.25, 0.3) is 0 Å². The van der Waals surface area contributed by atoms with Gasteiger partial charge in [0.15, 0.2) is 5.96 Å². The van der Waals surface area contributed by atoms with E-state index in [-0.39, 0.29) is 12.1 Å². The summed E-state index contributed by atoms with van der Waals surface area (Å²) in [6.07, 6.45) is 4.99. The molecule has 0 bridgehead atoms. The Kier molecular flexibility index (Phi) is 6.50. The van der Waals surface area contributed by atoms with Gasteiger partial charge in [0.05, 0.1) is 12.6 Å². The Morgan fingerprint density at radius 1 is 1.26 bits per heavy atom. The van der Waals surface area contributed by atoms with Gasteiger partial charge in [-0.25, -0.2) is 4.79 Å². The fraction of sp³-hybridized carbons (Fsp3) is 0.900. The van der Waals surface area contributed by atoms with Crippen molar-refractivity contribution in [3.8, 4) is 0 Å². The van der Waals surface area contributed by atoms with Crippen LogP contribution in [0.2, 0.25) is 0 Å². The Balaban J connectivity index is 1.38. The second-order valence-corrected chi connectivity index (χ2v) is 9.10. The maximum Gasteiger partial charge on any atom is 0.410 e. The maximum absolute atomic E-state index is 12.3. The quantitative estimate of drug-likeness (QED) is 0.759. The van der Waals surface area contributed by atoms with E-state index in [0.29, 0.717) is 13.1 Å². The molecule has 0 aromatic rings. The molecule has 7 nitrogen and oxygen atoms in total. The first-order valence-electron chi connectivity index (χ1n) is 10.6. The number of fused-ring (bicyclic) bond motifs is 1. The Hall–Kier alpha value is -1.50. The van der Waals surface area contributed by atoms with E-state index in [1.165, 1.54) is 25.8 Å². The Morgan fingerprint density at radius 2 is 2.07 bits per heavy atom. The Bertz CT molecular complexity index is 545. The third kappa shape index (κ3) is 5.50. The first kappa shape index (κ1) is 20.2. The lowest BCUT2D eigenvalue weighted by Gasteiger charge is -2.39. The van der Waals surface area contributed by atoms with Crippen molar-refractivity contribution in [3.63, 3.8) is 0 Å². The number of hydrogen-bond donors (Lipinski definition) is 1. The zero-order valence-electron chi connectivity index (χ0n) is 17.5. The lowest BCUT2D eigenvalue weighted by molar-refractivity contribution is 0.0137. The summed E-state index contributed by atoms with van der Waals surface area (Å²) in [5.41, 5.74) is -0.445. The van der Waals surface area contributed by atoms with Gasteiger partial charge in [-0.05, 0) is 53.5 Å². The van der Waals surface area contributed by atoms with Gasteiger partial charge in [0, 0.05) is 38.8 Å². The van der Waals surface area contributed by atoms with Crippen molar-refractivity contribution in [2.45, 2.75) is 71.1 Å². The van der Waals surface area contributed by atoms with Crippen LogP contribution < -0.4 is 5.32 Å². The van der Waals surface area contributed by atoms with Crippen LogP contribution in [0.5, 0.6) is 0 Å². The summed E-state index contributed by atoms with van der Waals surface area (Å²) in [7, 11) is 0. The molecule has 0 saturated carbocycles. The topological polar surface area (TPSA) is 60.4 Å². The summed E-state index contributed by atoms with van der Waals surface area (Å²) < 4.78 is 5.51. The molecule has 0 spiro atoms. The van der Waals surface area contributed by atoms with Crippen molar-refractivity contribution in [2.24, 2.45) is 4.99 Å². The molecule has 1 amide bonds. The van der Waals surface area contributed by atoms with Crippen LogP contribution in [0.1, 0.15) is 53.4 Å². The average Bonchev–Trinajstić information content (AvgIpc) is 3.01. The lowest BCUT2D eigenvalue weighted by Crippen LogP contribution is -2.57. The van der Waals surface area contributed by atoms with E-state index in [0.717, 1.165) is 44.6 Å². The minimum absolute atomic E-state index is 0.209. The molecule has 2 fully saturated rings. The first-order chi connectivity index (χ1) is 12.8. The molecule has 2 unspecified atom stereocenters.